The third-order valence-corrected chi connectivity index (χ3v) is 7.38. The van der Waals surface area contributed by atoms with Crippen molar-refractivity contribution in [3.8, 4) is 11.1 Å². The molecule has 1 amide bonds. The molecule has 1 atom stereocenters. The van der Waals surface area contributed by atoms with Gasteiger partial charge in [-0.15, -0.1) is 0 Å². The van der Waals surface area contributed by atoms with Crippen LogP contribution in [0.15, 0.2) is 66.7 Å². The number of likely N-dealkylation sites (N-methyl/N-ethyl adjacent to an activating group) is 2. The summed E-state index contributed by atoms with van der Waals surface area (Å²) < 4.78 is 15.8. The number of carbonyl (C=O) groups is 1. The molecule has 40 heavy (non-hydrogen) atoms. The molecular weight excluding hydrogens is 501 g/mol. The summed E-state index contributed by atoms with van der Waals surface area (Å²) >= 11 is 0. The third-order valence-electron chi connectivity index (χ3n) is 7.38. The average molecular weight is 547 g/mol. The summed E-state index contributed by atoms with van der Waals surface area (Å²) in [4.78, 5) is 17.7. The number of halogens is 1. The van der Waals surface area contributed by atoms with Crippen molar-refractivity contribution >= 4 is 5.91 Å². The van der Waals surface area contributed by atoms with Crippen molar-refractivity contribution in [2.24, 2.45) is 0 Å². The molecule has 0 spiro atoms. The topological polar surface area (TPSA) is 47.6 Å². The van der Waals surface area contributed by atoms with Gasteiger partial charge in [0.15, 0.2) is 0 Å². The van der Waals surface area contributed by atoms with Crippen LogP contribution in [0.3, 0.4) is 0 Å². The maximum atomic E-state index is 14.9. The molecule has 2 N–H and O–H groups in total. The van der Waals surface area contributed by atoms with Gasteiger partial charge in [-0.3, -0.25) is 14.6 Å². The Labute approximate surface area is 239 Å². The quantitative estimate of drug-likeness (QED) is 0.351. The van der Waals surface area contributed by atoms with E-state index in [1.54, 1.807) is 6.07 Å². The lowest BCUT2D eigenvalue weighted by molar-refractivity contribution is -0.869. The average Bonchev–Trinajstić information content (AvgIpc) is 2.91. The molecular formula is C33H45FN5O+. The highest BCUT2D eigenvalue weighted by Gasteiger charge is 2.16. The van der Waals surface area contributed by atoms with Crippen LogP contribution < -0.4 is 10.6 Å². The number of carbonyl (C=O) groups excluding carboxylic acids is 1. The van der Waals surface area contributed by atoms with Gasteiger partial charge in [0, 0.05) is 63.0 Å². The van der Waals surface area contributed by atoms with E-state index < -0.39 is 0 Å². The molecule has 0 aromatic heterocycles. The number of hydrogen-bond acceptors (Lipinski definition) is 4. The Kier molecular flexibility index (Phi) is 10.1. The largest absolute Gasteiger partial charge is 0.348 e. The summed E-state index contributed by atoms with van der Waals surface area (Å²) in [6.45, 7) is 9.20. The maximum absolute atomic E-state index is 14.9. The van der Waals surface area contributed by atoms with Crippen LogP contribution in [0.5, 0.6) is 0 Å². The van der Waals surface area contributed by atoms with E-state index in [4.69, 9.17) is 0 Å². The minimum absolute atomic E-state index is 0.131. The first-order valence-electron chi connectivity index (χ1n) is 14.3. The van der Waals surface area contributed by atoms with Crippen LogP contribution in [0, 0.1) is 5.82 Å². The Morgan fingerprint density at radius 2 is 1.82 bits per heavy atom. The van der Waals surface area contributed by atoms with Gasteiger partial charge in [0.1, 0.15) is 5.82 Å². The molecule has 0 radical (unpaired) electrons. The van der Waals surface area contributed by atoms with E-state index in [-0.39, 0.29) is 11.7 Å². The Hall–Kier alpha value is -3.10. The normalized spacial score (nSPS) is 16.3. The lowest BCUT2D eigenvalue weighted by Crippen LogP contribution is -2.48. The zero-order valence-electron chi connectivity index (χ0n) is 24.7. The van der Waals surface area contributed by atoms with E-state index in [2.05, 4.69) is 73.7 Å². The van der Waals surface area contributed by atoms with Crippen molar-refractivity contribution in [1.82, 2.24) is 20.4 Å². The Morgan fingerprint density at radius 3 is 2.60 bits per heavy atom. The summed E-state index contributed by atoms with van der Waals surface area (Å²) in [5.41, 5.74) is 5.19. The van der Waals surface area contributed by atoms with Crippen LogP contribution in [-0.4, -0.2) is 87.1 Å². The van der Waals surface area contributed by atoms with Gasteiger partial charge in [0.25, 0.3) is 5.91 Å². The smallest absolute Gasteiger partial charge is 0.251 e. The van der Waals surface area contributed by atoms with E-state index in [9.17, 15) is 9.18 Å². The third kappa shape index (κ3) is 8.96. The second-order valence-corrected chi connectivity index (χ2v) is 12.2. The molecule has 1 unspecified atom stereocenters. The van der Waals surface area contributed by atoms with Gasteiger partial charge in [0.2, 0.25) is 0 Å². The molecule has 7 heteroatoms. The number of nitrogens with zero attached hydrogens (tertiary/aromatic N) is 3. The van der Waals surface area contributed by atoms with Gasteiger partial charge >= 0.3 is 0 Å². The van der Waals surface area contributed by atoms with Crippen molar-refractivity contribution in [2.75, 3.05) is 60.9 Å². The fourth-order valence-electron chi connectivity index (χ4n) is 5.11. The van der Waals surface area contributed by atoms with E-state index in [1.807, 2.05) is 36.4 Å². The Morgan fingerprint density at radius 1 is 1.05 bits per heavy atom. The molecule has 214 valence electrons. The predicted molar refractivity (Wildman–Crippen MR) is 161 cm³/mol. The fourth-order valence-corrected chi connectivity index (χ4v) is 5.11. The molecule has 1 aliphatic rings. The van der Waals surface area contributed by atoms with Gasteiger partial charge in [-0.25, -0.2) is 4.39 Å². The van der Waals surface area contributed by atoms with Gasteiger partial charge in [-0.05, 0) is 66.6 Å². The lowest BCUT2D eigenvalue weighted by Gasteiger charge is -2.31. The number of piperazine rings is 1. The second-order valence-electron chi connectivity index (χ2n) is 12.2. The number of nitrogens with one attached hydrogen (secondary N) is 2. The van der Waals surface area contributed by atoms with Crippen LogP contribution in [0.1, 0.15) is 34.0 Å². The van der Waals surface area contributed by atoms with E-state index in [1.165, 1.54) is 11.6 Å². The minimum atomic E-state index is -0.259. The minimum Gasteiger partial charge on any atom is -0.348 e. The Bertz CT molecular complexity index is 1290. The maximum Gasteiger partial charge on any atom is 0.251 e. The predicted octanol–water partition coefficient (Wildman–Crippen LogP) is 4.35. The van der Waals surface area contributed by atoms with Crippen LogP contribution in [0.2, 0.25) is 0 Å². The van der Waals surface area contributed by atoms with Gasteiger partial charge in [-0.1, -0.05) is 36.4 Å². The van der Waals surface area contributed by atoms with E-state index in [0.717, 1.165) is 67.0 Å². The molecule has 3 aromatic carbocycles. The van der Waals surface area contributed by atoms with Crippen LogP contribution in [0.4, 0.5) is 4.39 Å². The van der Waals surface area contributed by atoms with Crippen molar-refractivity contribution in [3.63, 3.8) is 0 Å². The number of quaternary nitrogens is 1. The van der Waals surface area contributed by atoms with Crippen LogP contribution in [-0.2, 0) is 19.6 Å². The summed E-state index contributed by atoms with van der Waals surface area (Å²) in [7, 11) is 8.68. The van der Waals surface area contributed by atoms with Gasteiger partial charge < -0.3 is 15.1 Å². The zero-order valence-corrected chi connectivity index (χ0v) is 24.7. The SMILES string of the molecule is CC1CN(Cc2cccc(-c3cc(CNC(=O)c4cccc(CN(C)CC[N+](C)(C)C)c4)ccc3F)c2)CCN1. The first-order valence-corrected chi connectivity index (χ1v) is 14.3. The van der Waals surface area contributed by atoms with Crippen LogP contribution >= 0.6 is 0 Å². The highest BCUT2D eigenvalue weighted by molar-refractivity contribution is 5.94. The monoisotopic (exact) mass is 546 g/mol. The second kappa shape index (κ2) is 13.5. The standard InChI is InChI=1S/C33H44FN5O/c1-25-22-38(15-14-35-25)24-28-9-6-10-29(18-28)31-20-26(12-13-32(31)34)21-36-33(40)30-11-7-8-27(19-30)23-37(2)16-17-39(3,4)5/h6-13,18-20,25,35H,14-17,21-24H2,1-5H3/p+1. The molecule has 1 heterocycles. The van der Waals surface area contributed by atoms with Crippen molar-refractivity contribution < 1.29 is 13.7 Å². The molecule has 1 fully saturated rings. The zero-order chi connectivity index (χ0) is 28.7. The number of rotatable bonds is 11. The van der Waals surface area contributed by atoms with E-state index in [0.29, 0.717) is 23.7 Å². The Balaban J connectivity index is 1.38. The van der Waals surface area contributed by atoms with Gasteiger partial charge in [0.05, 0.1) is 27.7 Å². The summed E-state index contributed by atoms with van der Waals surface area (Å²) in [6.07, 6.45) is 0. The summed E-state index contributed by atoms with van der Waals surface area (Å²) in [5, 5.41) is 6.49. The summed E-state index contributed by atoms with van der Waals surface area (Å²) in [6, 6.07) is 21.5. The van der Waals surface area contributed by atoms with E-state index >= 15 is 0 Å². The molecule has 1 aliphatic heterocycles. The number of amides is 1. The highest BCUT2D eigenvalue weighted by Crippen LogP contribution is 2.26. The number of benzene rings is 3. The highest BCUT2D eigenvalue weighted by atomic mass is 19.1. The molecule has 0 aliphatic carbocycles. The van der Waals surface area contributed by atoms with Crippen LogP contribution in [0.25, 0.3) is 11.1 Å². The molecule has 4 rings (SSSR count). The molecule has 1 saturated heterocycles. The lowest BCUT2D eigenvalue weighted by atomic mass is 10.00. The van der Waals surface area contributed by atoms with Crippen molar-refractivity contribution in [1.29, 1.82) is 0 Å². The first-order chi connectivity index (χ1) is 19.1. The summed E-state index contributed by atoms with van der Waals surface area (Å²) in [5.74, 6) is -0.390. The van der Waals surface area contributed by atoms with Gasteiger partial charge in [-0.2, -0.15) is 0 Å². The first kappa shape index (κ1) is 29.9. The molecule has 0 saturated carbocycles. The number of hydrogen-bond donors (Lipinski definition) is 2. The molecule has 6 nitrogen and oxygen atoms in total. The van der Waals surface area contributed by atoms with Crippen molar-refractivity contribution in [2.45, 2.75) is 32.6 Å². The molecule has 3 aromatic rings. The van der Waals surface area contributed by atoms with Crippen molar-refractivity contribution in [3.05, 3.63) is 94.8 Å². The molecule has 0 bridgehead atoms. The fraction of sp³-hybridized carbons (Fsp3) is 0.424.